The predicted molar refractivity (Wildman–Crippen MR) is 56.6 cm³/mol. The van der Waals surface area contributed by atoms with Crippen LogP contribution in [0.15, 0.2) is 0 Å². The summed E-state index contributed by atoms with van der Waals surface area (Å²) in [6.45, 7) is 3.95. The van der Waals surface area contributed by atoms with E-state index in [9.17, 15) is 9.59 Å². The first-order valence-electron chi connectivity index (χ1n) is 5.46. The smallest absolute Gasteiger partial charge is 0.332 e. The first-order valence-corrected chi connectivity index (χ1v) is 5.46. The number of rotatable bonds is 8. The van der Waals surface area contributed by atoms with Gasteiger partial charge in [-0.1, -0.05) is 26.7 Å². The van der Waals surface area contributed by atoms with Gasteiger partial charge in [-0.25, -0.2) is 4.79 Å². The molecule has 0 fully saturated rings. The van der Waals surface area contributed by atoms with E-state index in [1.807, 2.05) is 13.8 Å². The Morgan fingerprint density at radius 2 is 1.87 bits per heavy atom. The normalized spacial score (nSPS) is 14.6. The maximum absolute atomic E-state index is 11.6. The maximum Gasteiger partial charge on any atom is 0.332 e. The molecule has 0 aromatic carbocycles. The third-order valence-corrected chi connectivity index (χ3v) is 2.53. The van der Waals surface area contributed by atoms with Gasteiger partial charge in [0.25, 0.3) is 0 Å². The Hall–Kier alpha value is -0.900. The molecule has 2 N–H and O–H groups in total. The summed E-state index contributed by atoms with van der Waals surface area (Å²) in [6.07, 6.45) is 1.67. The van der Waals surface area contributed by atoms with E-state index in [1.54, 1.807) is 0 Å². The average Bonchev–Trinajstić information content (AvgIpc) is 2.18. The van der Waals surface area contributed by atoms with Gasteiger partial charge in [-0.15, -0.1) is 0 Å². The number of Topliss-reactive ketones (excluding diaryl/α,β-unsaturated/α-hetero) is 1. The van der Waals surface area contributed by atoms with Crippen molar-refractivity contribution < 1.29 is 19.8 Å². The highest BCUT2D eigenvalue weighted by Crippen LogP contribution is 2.16. The fourth-order valence-electron chi connectivity index (χ4n) is 1.49. The maximum atomic E-state index is 11.6. The highest BCUT2D eigenvalue weighted by molar-refractivity contribution is 5.86. The average molecular weight is 216 g/mol. The summed E-state index contributed by atoms with van der Waals surface area (Å²) in [5.74, 6) is -1.56. The van der Waals surface area contributed by atoms with E-state index in [4.69, 9.17) is 10.2 Å². The Labute approximate surface area is 90.3 Å². The van der Waals surface area contributed by atoms with Crippen molar-refractivity contribution in [3.05, 3.63) is 0 Å². The molecule has 0 aromatic rings. The van der Waals surface area contributed by atoms with Crippen LogP contribution >= 0.6 is 0 Å². The lowest BCUT2D eigenvalue weighted by Crippen LogP contribution is -2.26. The van der Waals surface area contributed by atoms with Gasteiger partial charge in [-0.2, -0.15) is 0 Å². The molecule has 2 atom stereocenters. The number of hydrogen-bond acceptors (Lipinski definition) is 3. The second kappa shape index (κ2) is 7.40. The lowest BCUT2D eigenvalue weighted by Gasteiger charge is -2.14. The van der Waals surface area contributed by atoms with Gasteiger partial charge in [0.05, 0.1) is 0 Å². The molecule has 0 aliphatic rings. The molecule has 4 heteroatoms. The summed E-state index contributed by atoms with van der Waals surface area (Å²) in [7, 11) is 0. The van der Waals surface area contributed by atoms with Gasteiger partial charge in [0.2, 0.25) is 0 Å². The Kier molecular flexibility index (Phi) is 6.96. The molecule has 0 saturated carbocycles. The fourth-order valence-corrected chi connectivity index (χ4v) is 1.49. The monoisotopic (exact) mass is 216 g/mol. The van der Waals surface area contributed by atoms with E-state index in [2.05, 4.69) is 0 Å². The molecule has 0 saturated heterocycles. The van der Waals surface area contributed by atoms with Crippen molar-refractivity contribution in [2.75, 3.05) is 0 Å². The van der Waals surface area contributed by atoms with Crippen LogP contribution in [0.4, 0.5) is 0 Å². The van der Waals surface area contributed by atoms with E-state index in [0.29, 0.717) is 6.42 Å². The van der Waals surface area contributed by atoms with Crippen LogP contribution in [0.2, 0.25) is 0 Å². The number of unbranched alkanes of at least 4 members (excludes halogenated alkanes) is 1. The summed E-state index contributed by atoms with van der Waals surface area (Å²) in [6, 6.07) is 0. The van der Waals surface area contributed by atoms with Crippen molar-refractivity contribution in [3.8, 4) is 0 Å². The third kappa shape index (κ3) is 5.52. The first kappa shape index (κ1) is 14.1. The van der Waals surface area contributed by atoms with E-state index >= 15 is 0 Å². The number of aliphatic carboxylic acids is 1. The molecular weight excluding hydrogens is 196 g/mol. The van der Waals surface area contributed by atoms with Crippen LogP contribution in [-0.4, -0.2) is 28.1 Å². The van der Waals surface area contributed by atoms with Gasteiger partial charge < -0.3 is 10.2 Å². The van der Waals surface area contributed by atoms with Crippen LogP contribution in [0.25, 0.3) is 0 Å². The van der Waals surface area contributed by atoms with Crippen LogP contribution in [0.5, 0.6) is 0 Å². The minimum Gasteiger partial charge on any atom is -0.479 e. The second-order valence-corrected chi connectivity index (χ2v) is 3.77. The topological polar surface area (TPSA) is 74.6 Å². The summed E-state index contributed by atoms with van der Waals surface area (Å²) in [4.78, 5) is 21.9. The Bertz CT molecular complexity index is 213. The van der Waals surface area contributed by atoms with Gasteiger partial charge >= 0.3 is 5.97 Å². The molecule has 2 unspecified atom stereocenters. The Morgan fingerprint density at radius 1 is 1.27 bits per heavy atom. The second-order valence-electron chi connectivity index (χ2n) is 3.77. The fraction of sp³-hybridized carbons (Fsp3) is 0.818. The van der Waals surface area contributed by atoms with Crippen LogP contribution in [-0.2, 0) is 9.59 Å². The number of carbonyl (C=O) groups excluding carboxylic acids is 1. The Balaban J connectivity index is 4.09. The molecule has 0 aliphatic heterocycles. The molecule has 88 valence electrons. The van der Waals surface area contributed by atoms with E-state index in [1.165, 1.54) is 0 Å². The summed E-state index contributed by atoms with van der Waals surface area (Å²) in [5.41, 5.74) is 0. The van der Waals surface area contributed by atoms with Gasteiger partial charge in [0, 0.05) is 12.3 Å². The number of hydrogen-bond donors (Lipinski definition) is 2. The number of aliphatic hydroxyl groups excluding tert-OH is 1. The number of ketones is 1. The third-order valence-electron chi connectivity index (χ3n) is 2.53. The van der Waals surface area contributed by atoms with Crippen LogP contribution < -0.4 is 0 Å². The Morgan fingerprint density at radius 3 is 2.27 bits per heavy atom. The van der Waals surface area contributed by atoms with Gasteiger partial charge in [-0.3, -0.25) is 4.79 Å². The van der Waals surface area contributed by atoms with Crippen molar-refractivity contribution in [2.24, 2.45) is 5.92 Å². The van der Waals surface area contributed by atoms with Gasteiger partial charge in [0.1, 0.15) is 5.78 Å². The number of carboxylic acids is 1. The largest absolute Gasteiger partial charge is 0.479 e. The van der Waals surface area contributed by atoms with Crippen molar-refractivity contribution in [3.63, 3.8) is 0 Å². The minimum atomic E-state index is -1.55. The van der Waals surface area contributed by atoms with Crippen molar-refractivity contribution in [2.45, 2.75) is 52.1 Å². The van der Waals surface area contributed by atoms with Gasteiger partial charge in [0.15, 0.2) is 6.10 Å². The summed E-state index contributed by atoms with van der Waals surface area (Å²) in [5, 5.41) is 17.5. The molecule has 0 amide bonds. The zero-order valence-corrected chi connectivity index (χ0v) is 9.40. The van der Waals surface area contributed by atoms with Crippen LogP contribution in [0.1, 0.15) is 46.0 Å². The zero-order valence-electron chi connectivity index (χ0n) is 9.40. The standard InChI is InChI=1S/C11H20O4/c1-3-5-6-8(4-2)9(12)7-10(13)11(14)15/h8,10,13H,3-7H2,1-2H3,(H,14,15). The SMILES string of the molecule is CCCCC(CC)C(=O)CC(O)C(=O)O. The molecule has 0 bridgehead atoms. The minimum absolute atomic E-state index is 0.0982. The van der Waals surface area contributed by atoms with Crippen molar-refractivity contribution >= 4 is 11.8 Å². The first-order chi connectivity index (χ1) is 7.02. The van der Waals surface area contributed by atoms with Crippen molar-refractivity contribution in [1.82, 2.24) is 0 Å². The lowest BCUT2D eigenvalue weighted by molar-refractivity contribution is -0.149. The molecule has 15 heavy (non-hydrogen) atoms. The van der Waals surface area contributed by atoms with Crippen molar-refractivity contribution in [1.29, 1.82) is 0 Å². The predicted octanol–water partition coefficient (Wildman–Crippen LogP) is 1.61. The quantitative estimate of drug-likeness (QED) is 0.646. The van der Waals surface area contributed by atoms with Crippen LogP contribution in [0.3, 0.4) is 0 Å². The highest BCUT2D eigenvalue weighted by Gasteiger charge is 2.22. The van der Waals surface area contributed by atoms with E-state index in [-0.39, 0.29) is 18.1 Å². The molecular formula is C11H20O4. The number of carbonyl (C=O) groups is 2. The lowest BCUT2D eigenvalue weighted by atomic mass is 9.92. The van der Waals surface area contributed by atoms with Crippen LogP contribution in [0, 0.1) is 5.92 Å². The molecule has 0 rings (SSSR count). The van der Waals surface area contributed by atoms with Gasteiger partial charge in [-0.05, 0) is 12.8 Å². The van der Waals surface area contributed by atoms with E-state index in [0.717, 1.165) is 19.3 Å². The highest BCUT2D eigenvalue weighted by atomic mass is 16.4. The zero-order chi connectivity index (χ0) is 11.8. The summed E-state index contributed by atoms with van der Waals surface area (Å²) < 4.78 is 0. The number of aliphatic hydroxyl groups is 1. The molecule has 0 radical (unpaired) electrons. The number of carboxylic acid groups (broad SMARTS) is 1. The molecule has 0 aromatic heterocycles. The van der Waals surface area contributed by atoms with E-state index < -0.39 is 12.1 Å². The molecule has 0 aliphatic carbocycles. The molecule has 4 nitrogen and oxygen atoms in total. The summed E-state index contributed by atoms with van der Waals surface area (Å²) >= 11 is 0. The molecule has 0 spiro atoms. The molecule has 0 heterocycles.